The molecular weight excluding hydrogens is 258 g/mol. The van der Waals surface area contributed by atoms with E-state index in [-0.39, 0.29) is 17.8 Å². The zero-order valence-corrected chi connectivity index (χ0v) is 11.7. The Hall–Kier alpha value is -2.44. The van der Waals surface area contributed by atoms with E-state index in [4.69, 9.17) is 4.74 Å². The van der Waals surface area contributed by atoms with Gasteiger partial charge in [0.15, 0.2) is 0 Å². The van der Waals surface area contributed by atoms with Crippen LogP contribution in [-0.4, -0.2) is 51.6 Å². The number of tetrazole rings is 1. The first kappa shape index (κ1) is 14.0. The Labute approximate surface area is 116 Å². The average molecular weight is 275 g/mol. The fourth-order valence-electron chi connectivity index (χ4n) is 1.94. The minimum absolute atomic E-state index is 0.0164. The van der Waals surface area contributed by atoms with Crippen molar-refractivity contribution in [1.29, 1.82) is 0 Å². The van der Waals surface area contributed by atoms with Crippen LogP contribution >= 0.6 is 0 Å². The second-order valence-corrected chi connectivity index (χ2v) is 4.52. The van der Waals surface area contributed by atoms with Crippen molar-refractivity contribution in [2.24, 2.45) is 0 Å². The lowest BCUT2D eigenvalue weighted by atomic mass is 10.1. The molecule has 20 heavy (non-hydrogen) atoms. The molecule has 7 nitrogen and oxygen atoms in total. The highest BCUT2D eigenvalue weighted by atomic mass is 16.5. The number of aromatic amines is 1. The number of para-hydroxylation sites is 1. The van der Waals surface area contributed by atoms with Gasteiger partial charge in [0, 0.05) is 13.1 Å². The fourth-order valence-corrected chi connectivity index (χ4v) is 1.94. The average Bonchev–Trinajstić information content (AvgIpc) is 3.00. The molecule has 0 bridgehead atoms. The number of amides is 1. The predicted molar refractivity (Wildman–Crippen MR) is 72.4 cm³/mol. The maximum absolute atomic E-state index is 12.1. The smallest absolute Gasteiger partial charge is 0.295 e. The molecule has 0 fully saturated rings. The molecule has 2 aromatic rings. The minimum Gasteiger partial charge on any atom is -0.496 e. The third kappa shape index (κ3) is 2.93. The lowest BCUT2D eigenvalue weighted by molar-refractivity contribution is 0.0730. The first-order valence-corrected chi connectivity index (χ1v) is 6.26. The summed E-state index contributed by atoms with van der Waals surface area (Å²) in [6.07, 6.45) is 0.685. The predicted octanol–water partition coefficient (Wildman–Crippen LogP) is 0.911. The van der Waals surface area contributed by atoms with Crippen molar-refractivity contribution in [3.05, 3.63) is 35.7 Å². The summed E-state index contributed by atoms with van der Waals surface area (Å²) in [6, 6.07) is 7.75. The lowest BCUT2D eigenvalue weighted by Gasteiger charge is -2.24. The molecule has 7 heteroatoms. The van der Waals surface area contributed by atoms with Gasteiger partial charge in [-0.25, -0.2) is 0 Å². The summed E-state index contributed by atoms with van der Waals surface area (Å²) < 4.78 is 5.32. The van der Waals surface area contributed by atoms with Crippen molar-refractivity contribution in [2.75, 3.05) is 14.2 Å². The fraction of sp³-hybridized carbons (Fsp3) is 0.385. The Morgan fingerprint density at radius 2 is 2.20 bits per heavy atom. The number of aromatic nitrogens is 4. The van der Waals surface area contributed by atoms with Crippen molar-refractivity contribution in [3.63, 3.8) is 0 Å². The Morgan fingerprint density at radius 1 is 1.45 bits per heavy atom. The van der Waals surface area contributed by atoms with Crippen LogP contribution in [0.2, 0.25) is 0 Å². The van der Waals surface area contributed by atoms with Gasteiger partial charge in [-0.3, -0.25) is 4.79 Å². The molecule has 1 heterocycles. The first-order valence-electron chi connectivity index (χ1n) is 6.26. The third-order valence-corrected chi connectivity index (χ3v) is 3.23. The van der Waals surface area contributed by atoms with E-state index >= 15 is 0 Å². The second-order valence-electron chi connectivity index (χ2n) is 4.52. The van der Waals surface area contributed by atoms with Crippen molar-refractivity contribution in [2.45, 2.75) is 19.4 Å². The molecule has 2 rings (SSSR count). The summed E-state index contributed by atoms with van der Waals surface area (Å²) in [5.74, 6) is 0.625. The maximum atomic E-state index is 12.1. The number of hydrogen-bond acceptors (Lipinski definition) is 5. The number of carbonyl (C=O) groups excluding carboxylic acids is 1. The highest BCUT2D eigenvalue weighted by Gasteiger charge is 2.21. The van der Waals surface area contributed by atoms with Crippen LogP contribution in [0.4, 0.5) is 0 Å². The topological polar surface area (TPSA) is 84.0 Å². The van der Waals surface area contributed by atoms with Crippen LogP contribution in [-0.2, 0) is 6.42 Å². The van der Waals surface area contributed by atoms with Crippen molar-refractivity contribution in [3.8, 4) is 5.75 Å². The summed E-state index contributed by atoms with van der Waals surface area (Å²) in [6.45, 7) is 1.96. The summed E-state index contributed by atoms with van der Waals surface area (Å²) in [5.41, 5.74) is 1.05. The zero-order chi connectivity index (χ0) is 14.5. The third-order valence-electron chi connectivity index (χ3n) is 3.23. The monoisotopic (exact) mass is 275 g/mol. The van der Waals surface area contributed by atoms with E-state index in [1.54, 1.807) is 19.1 Å². The molecule has 106 valence electrons. The SMILES string of the molecule is COc1ccccc1CC(C)N(C)C(=O)c1nn[nH]n1. The van der Waals surface area contributed by atoms with Crippen LogP contribution in [0.3, 0.4) is 0 Å². The van der Waals surface area contributed by atoms with Crippen LogP contribution in [0.5, 0.6) is 5.75 Å². The molecular formula is C13H17N5O2. The zero-order valence-electron chi connectivity index (χ0n) is 11.7. The number of ether oxygens (including phenoxy) is 1. The normalized spacial score (nSPS) is 11.9. The van der Waals surface area contributed by atoms with Crippen molar-refractivity contribution >= 4 is 5.91 Å². The first-order chi connectivity index (χ1) is 9.63. The van der Waals surface area contributed by atoms with Gasteiger partial charge in [0.1, 0.15) is 5.75 Å². The second kappa shape index (κ2) is 6.14. The highest BCUT2D eigenvalue weighted by molar-refractivity contribution is 5.90. The molecule has 1 atom stereocenters. The van der Waals surface area contributed by atoms with Gasteiger partial charge in [-0.1, -0.05) is 18.2 Å². The van der Waals surface area contributed by atoms with Crippen LogP contribution < -0.4 is 4.74 Å². The van der Waals surface area contributed by atoms with E-state index in [2.05, 4.69) is 20.6 Å². The highest BCUT2D eigenvalue weighted by Crippen LogP contribution is 2.20. The molecule has 1 unspecified atom stereocenters. The van der Waals surface area contributed by atoms with E-state index in [0.29, 0.717) is 6.42 Å². The molecule has 1 aromatic heterocycles. The number of rotatable bonds is 5. The number of H-pyrrole nitrogens is 1. The number of nitrogens with one attached hydrogen (secondary N) is 1. The summed E-state index contributed by atoms with van der Waals surface area (Å²) in [5, 5.41) is 13.1. The van der Waals surface area contributed by atoms with Gasteiger partial charge >= 0.3 is 0 Å². The molecule has 0 aliphatic heterocycles. The van der Waals surface area contributed by atoms with Crippen LogP contribution in [0, 0.1) is 0 Å². The van der Waals surface area contributed by atoms with Gasteiger partial charge in [0.2, 0.25) is 0 Å². The summed E-state index contributed by atoms with van der Waals surface area (Å²) >= 11 is 0. The van der Waals surface area contributed by atoms with Crippen LogP contribution in [0.25, 0.3) is 0 Å². The Balaban J connectivity index is 2.08. The number of benzene rings is 1. The van der Waals surface area contributed by atoms with Gasteiger partial charge in [-0.2, -0.15) is 5.21 Å². The van der Waals surface area contributed by atoms with E-state index < -0.39 is 0 Å². The number of likely N-dealkylation sites (N-methyl/N-ethyl adjacent to an activating group) is 1. The molecule has 0 aliphatic carbocycles. The maximum Gasteiger partial charge on any atom is 0.295 e. The van der Waals surface area contributed by atoms with E-state index in [1.807, 2.05) is 31.2 Å². The minimum atomic E-state index is -0.263. The van der Waals surface area contributed by atoms with Gasteiger partial charge in [-0.05, 0) is 30.2 Å². The Kier molecular flexibility index (Phi) is 4.29. The molecule has 0 aliphatic rings. The lowest BCUT2D eigenvalue weighted by Crippen LogP contribution is -2.37. The van der Waals surface area contributed by atoms with Gasteiger partial charge in [-0.15, -0.1) is 10.2 Å². The summed E-state index contributed by atoms with van der Waals surface area (Å²) in [7, 11) is 3.36. The summed E-state index contributed by atoms with van der Waals surface area (Å²) in [4.78, 5) is 13.7. The van der Waals surface area contributed by atoms with Crippen LogP contribution in [0.1, 0.15) is 23.1 Å². The van der Waals surface area contributed by atoms with Gasteiger partial charge < -0.3 is 9.64 Å². The number of nitrogens with zero attached hydrogens (tertiary/aromatic N) is 4. The van der Waals surface area contributed by atoms with E-state index in [0.717, 1.165) is 11.3 Å². The molecule has 0 radical (unpaired) electrons. The molecule has 0 spiro atoms. The molecule has 1 N–H and O–H groups in total. The van der Waals surface area contributed by atoms with E-state index in [9.17, 15) is 4.79 Å². The van der Waals surface area contributed by atoms with Crippen molar-refractivity contribution in [1.82, 2.24) is 25.5 Å². The largest absolute Gasteiger partial charge is 0.496 e. The van der Waals surface area contributed by atoms with Crippen LogP contribution in [0.15, 0.2) is 24.3 Å². The molecule has 1 amide bonds. The molecule has 0 saturated carbocycles. The number of hydrogen-bond donors (Lipinski definition) is 1. The molecule has 0 saturated heterocycles. The number of carbonyl (C=O) groups is 1. The standard InChI is InChI=1S/C13H17N5O2/c1-9(8-10-6-4-5-7-11(10)20-3)18(2)13(19)12-14-16-17-15-12/h4-7,9H,8H2,1-3H3,(H,14,15,16,17). The van der Waals surface area contributed by atoms with E-state index in [1.165, 1.54) is 0 Å². The number of methoxy groups -OCH3 is 1. The van der Waals surface area contributed by atoms with Gasteiger partial charge in [0.25, 0.3) is 11.7 Å². The molecule has 1 aromatic carbocycles. The Morgan fingerprint density at radius 3 is 2.85 bits per heavy atom. The van der Waals surface area contributed by atoms with Crippen molar-refractivity contribution < 1.29 is 9.53 Å². The Bertz CT molecular complexity index is 570. The quantitative estimate of drug-likeness (QED) is 0.877. The van der Waals surface area contributed by atoms with Gasteiger partial charge in [0.05, 0.1) is 7.11 Å².